The number of para-hydroxylation sites is 1. The molecule has 186 valence electrons. The fraction of sp³-hybridized carbons (Fsp3) is 0.318. The SMILES string of the molecule is O=C(Nc1ccccc1)OC1CCN(c2ccc(C=C3C(=O)ON=C3C(F)(F)C(F)(F)F)s2)CC1. The molecule has 7 nitrogen and oxygen atoms in total. The molecule has 2 aliphatic rings. The van der Waals surface area contributed by atoms with Crippen LogP contribution in [0.25, 0.3) is 6.08 Å². The van der Waals surface area contributed by atoms with Crippen molar-refractivity contribution in [3.05, 3.63) is 52.9 Å². The molecule has 0 radical (unpaired) electrons. The zero-order chi connectivity index (χ0) is 25.2. The number of oxime groups is 1. The number of benzene rings is 1. The molecule has 1 amide bonds. The number of ether oxygens (including phenoxy) is 1. The second-order valence-corrected chi connectivity index (χ2v) is 8.80. The van der Waals surface area contributed by atoms with Gasteiger partial charge in [0.2, 0.25) is 0 Å². The first kappa shape index (κ1) is 24.6. The van der Waals surface area contributed by atoms with E-state index in [0.717, 1.165) is 22.4 Å². The number of halogens is 5. The number of nitrogens with zero attached hydrogens (tertiary/aromatic N) is 2. The fourth-order valence-electron chi connectivity index (χ4n) is 3.52. The maximum atomic E-state index is 13.7. The van der Waals surface area contributed by atoms with Gasteiger partial charge >= 0.3 is 24.2 Å². The number of hydrogen-bond donors (Lipinski definition) is 1. The minimum Gasteiger partial charge on any atom is -0.446 e. The predicted molar refractivity (Wildman–Crippen MR) is 119 cm³/mol. The molecule has 0 atom stereocenters. The summed E-state index contributed by atoms with van der Waals surface area (Å²) in [5.41, 5.74) is -2.10. The van der Waals surface area contributed by atoms with E-state index >= 15 is 0 Å². The molecular formula is C22H18F5N3O4S. The van der Waals surface area contributed by atoms with Crippen LogP contribution in [0.1, 0.15) is 17.7 Å². The maximum absolute atomic E-state index is 13.7. The highest BCUT2D eigenvalue weighted by Gasteiger charge is 2.64. The molecule has 0 unspecified atom stereocenters. The quantitative estimate of drug-likeness (QED) is 0.325. The Morgan fingerprint density at radius 2 is 1.80 bits per heavy atom. The number of thiophene rings is 1. The highest BCUT2D eigenvalue weighted by molar-refractivity contribution is 7.17. The lowest BCUT2D eigenvalue weighted by molar-refractivity contribution is -0.249. The van der Waals surface area contributed by atoms with Crippen molar-refractivity contribution >= 4 is 45.9 Å². The molecule has 3 heterocycles. The molecule has 0 spiro atoms. The van der Waals surface area contributed by atoms with Gasteiger partial charge in [-0.25, -0.2) is 9.59 Å². The molecule has 35 heavy (non-hydrogen) atoms. The predicted octanol–water partition coefficient (Wildman–Crippen LogP) is 5.46. The fourth-order valence-corrected chi connectivity index (χ4v) is 4.52. The van der Waals surface area contributed by atoms with Crippen LogP contribution >= 0.6 is 11.3 Å². The van der Waals surface area contributed by atoms with Gasteiger partial charge in [0.1, 0.15) is 6.10 Å². The maximum Gasteiger partial charge on any atom is 0.459 e. The average molecular weight is 515 g/mol. The van der Waals surface area contributed by atoms with Crippen molar-refractivity contribution in [1.82, 2.24) is 0 Å². The number of carbonyl (C=O) groups excluding carboxylic acids is 2. The monoisotopic (exact) mass is 515 g/mol. The Balaban J connectivity index is 1.36. The van der Waals surface area contributed by atoms with Crippen LogP contribution in [0, 0.1) is 0 Å². The van der Waals surface area contributed by atoms with Crippen molar-refractivity contribution in [2.75, 3.05) is 23.3 Å². The Hall–Kier alpha value is -3.48. The molecule has 13 heteroatoms. The largest absolute Gasteiger partial charge is 0.459 e. The van der Waals surface area contributed by atoms with Crippen LogP contribution in [0.4, 0.5) is 37.4 Å². The van der Waals surface area contributed by atoms with Gasteiger partial charge in [-0.2, -0.15) is 22.0 Å². The summed E-state index contributed by atoms with van der Waals surface area (Å²) < 4.78 is 71.1. The topological polar surface area (TPSA) is 80.2 Å². The third kappa shape index (κ3) is 5.45. The number of nitrogens with one attached hydrogen (secondary N) is 1. The van der Waals surface area contributed by atoms with Crippen molar-refractivity contribution in [2.24, 2.45) is 5.16 Å². The lowest BCUT2D eigenvalue weighted by atomic mass is 10.0. The van der Waals surface area contributed by atoms with E-state index in [0.29, 0.717) is 31.6 Å². The normalized spacial score (nSPS) is 18.4. The number of carbonyl (C=O) groups is 2. The molecule has 1 fully saturated rings. The zero-order valence-electron chi connectivity index (χ0n) is 17.9. The van der Waals surface area contributed by atoms with E-state index in [-0.39, 0.29) is 11.0 Å². The first-order chi connectivity index (χ1) is 16.5. The molecule has 0 saturated carbocycles. The minimum atomic E-state index is -5.93. The van der Waals surface area contributed by atoms with Gasteiger partial charge in [0, 0.05) is 36.5 Å². The highest BCUT2D eigenvalue weighted by atomic mass is 32.1. The molecule has 1 N–H and O–H groups in total. The Labute approximate surface area is 199 Å². The number of piperidine rings is 1. The minimum absolute atomic E-state index is 0.278. The van der Waals surface area contributed by atoms with Gasteiger partial charge in [-0.3, -0.25) is 5.32 Å². The van der Waals surface area contributed by atoms with E-state index in [9.17, 15) is 31.5 Å². The van der Waals surface area contributed by atoms with Gasteiger partial charge in [0.15, 0.2) is 5.71 Å². The third-order valence-electron chi connectivity index (χ3n) is 5.30. The Kier molecular flexibility index (Phi) is 6.79. The summed E-state index contributed by atoms with van der Waals surface area (Å²) in [5.74, 6) is -6.72. The van der Waals surface area contributed by atoms with Gasteiger partial charge in [-0.05, 0) is 30.3 Å². The lowest BCUT2D eigenvalue weighted by Crippen LogP contribution is -2.44. The van der Waals surface area contributed by atoms with Gasteiger partial charge in [-0.15, -0.1) is 11.3 Å². The molecular weight excluding hydrogens is 497 g/mol. The first-order valence-electron chi connectivity index (χ1n) is 10.4. The third-order valence-corrected chi connectivity index (χ3v) is 6.39. The van der Waals surface area contributed by atoms with Crippen molar-refractivity contribution < 1.29 is 41.1 Å². The number of amides is 1. The van der Waals surface area contributed by atoms with Crippen LogP contribution in [-0.2, 0) is 14.4 Å². The van der Waals surface area contributed by atoms with Crippen LogP contribution in [0.15, 0.2) is 53.2 Å². The number of hydrogen-bond acceptors (Lipinski definition) is 7. The molecule has 1 saturated heterocycles. The second-order valence-electron chi connectivity index (χ2n) is 7.71. The van der Waals surface area contributed by atoms with Gasteiger partial charge in [-0.1, -0.05) is 23.4 Å². The van der Waals surface area contributed by atoms with Crippen LogP contribution in [-0.4, -0.2) is 49.1 Å². The van der Waals surface area contributed by atoms with E-state index < -0.39 is 35.4 Å². The molecule has 2 aromatic rings. The standard InChI is InChI=1S/C22H18F5N3O4S/c23-21(24,22(25,26)27)18-16(19(31)34-29-18)12-15-6-7-17(35-15)30-10-8-14(9-11-30)33-20(32)28-13-4-2-1-3-5-13/h1-7,12,14H,8-11H2,(H,28,32). The van der Waals surface area contributed by atoms with Gasteiger partial charge in [0.25, 0.3) is 0 Å². The summed E-state index contributed by atoms with van der Waals surface area (Å²) in [5, 5.41) is 6.03. The molecule has 1 aromatic heterocycles. The summed E-state index contributed by atoms with van der Waals surface area (Å²) in [6, 6.07) is 12.0. The van der Waals surface area contributed by atoms with E-state index in [2.05, 4.69) is 15.3 Å². The van der Waals surface area contributed by atoms with E-state index in [1.54, 1.807) is 30.3 Å². The van der Waals surface area contributed by atoms with Crippen molar-refractivity contribution in [1.29, 1.82) is 0 Å². The van der Waals surface area contributed by atoms with Crippen molar-refractivity contribution in [2.45, 2.75) is 31.0 Å². The van der Waals surface area contributed by atoms with Crippen LogP contribution in [0.5, 0.6) is 0 Å². The van der Waals surface area contributed by atoms with Gasteiger partial charge < -0.3 is 14.5 Å². The molecule has 0 bridgehead atoms. The molecule has 0 aliphatic carbocycles. The average Bonchev–Trinajstić information content (AvgIpc) is 3.42. The van der Waals surface area contributed by atoms with E-state index in [1.165, 1.54) is 6.07 Å². The first-order valence-corrected chi connectivity index (χ1v) is 11.2. The highest BCUT2D eigenvalue weighted by Crippen LogP contribution is 2.41. The van der Waals surface area contributed by atoms with Crippen molar-refractivity contribution in [3.8, 4) is 0 Å². The summed E-state index contributed by atoms with van der Waals surface area (Å²) >= 11 is 1.11. The van der Waals surface area contributed by atoms with E-state index in [4.69, 9.17) is 4.74 Å². The summed E-state index contributed by atoms with van der Waals surface area (Å²) in [6.45, 7) is 1.06. The summed E-state index contributed by atoms with van der Waals surface area (Å²) in [7, 11) is 0. The zero-order valence-corrected chi connectivity index (χ0v) is 18.7. The Bertz CT molecular complexity index is 1160. The van der Waals surface area contributed by atoms with Gasteiger partial charge in [0.05, 0.1) is 10.6 Å². The molecule has 1 aromatic carbocycles. The second kappa shape index (κ2) is 9.64. The smallest absolute Gasteiger partial charge is 0.446 e. The Morgan fingerprint density at radius 3 is 2.46 bits per heavy atom. The Morgan fingerprint density at radius 1 is 1.11 bits per heavy atom. The summed E-state index contributed by atoms with van der Waals surface area (Å²) in [4.78, 5) is 30.1. The number of rotatable bonds is 5. The van der Waals surface area contributed by atoms with Crippen LogP contribution in [0.3, 0.4) is 0 Å². The molecule has 4 rings (SSSR count). The number of anilines is 2. The lowest BCUT2D eigenvalue weighted by Gasteiger charge is -2.32. The van der Waals surface area contributed by atoms with E-state index in [1.807, 2.05) is 11.0 Å². The van der Waals surface area contributed by atoms with Crippen LogP contribution < -0.4 is 10.2 Å². The van der Waals surface area contributed by atoms with Crippen molar-refractivity contribution in [3.63, 3.8) is 0 Å². The van der Waals surface area contributed by atoms with Crippen LogP contribution in [0.2, 0.25) is 0 Å². The number of alkyl halides is 5. The molecule has 2 aliphatic heterocycles. The summed E-state index contributed by atoms with van der Waals surface area (Å²) in [6.07, 6.45) is -4.80.